The van der Waals surface area contributed by atoms with Crippen molar-refractivity contribution in [3.63, 3.8) is 0 Å². The van der Waals surface area contributed by atoms with Gasteiger partial charge in [-0.1, -0.05) is 334 Å². The molecule has 0 spiro atoms. The Labute approximate surface area is 469 Å². The van der Waals surface area contributed by atoms with E-state index < -0.39 is 12.1 Å². The van der Waals surface area contributed by atoms with Crippen LogP contribution in [-0.4, -0.2) is 47.4 Å². The molecule has 0 aliphatic heterocycles. The molecule has 0 bridgehead atoms. The van der Waals surface area contributed by atoms with Gasteiger partial charge in [0.1, 0.15) is 0 Å². The van der Waals surface area contributed by atoms with Crippen molar-refractivity contribution in [3.8, 4) is 0 Å². The third-order valence-corrected chi connectivity index (χ3v) is 16.0. The topological polar surface area (TPSA) is 95.9 Å². The van der Waals surface area contributed by atoms with E-state index in [1.165, 1.54) is 295 Å². The normalized spacial score (nSPS) is 12.6. The first-order valence-electron chi connectivity index (χ1n) is 34.1. The lowest BCUT2D eigenvalue weighted by molar-refractivity contribution is -0.143. The Morgan fingerprint density at radius 3 is 1.04 bits per heavy atom. The fourth-order valence-electron chi connectivity index (χ4n) is 10.8. The molecule has 6 heteroatoms. The number of amides is 1. The fourth-order valence-corrected chi connectivity index (χ4v) is 10.8. The molecule has 75 heavy (non-hydrogen) atoms. The number of hydrogen-bond acceptors (Lipinski definition) is 5. The number of hydrogen-bond donors (Lipinski definition) is 3. The molecule has 0 rings (SSSR count). The Bertz CT molecular complexity index is 1170. The third-order valence-electron chi connectivity index (χ3n) is 16.0. The standard InChI is InChI=1S/C69H133NO5/c1-3-5-7-9-11-13-15-17-19-21-25-29-33-37-41-45-49-53-57-61-67(72)66(65-71)70-68(73)62-58-54-50-46-42-38-34-30-27-23-24-28-32-36-40-44-48-52-56-60-64-75-69(74)63-59-55-51-47-43-39-35-31-26-22-20-18-16-14-12-10-8-6-4-2/h12,14,18,20,66-67,71-72H,3-11,13,15-17,19,21-65H2,1-2H3,(H,70,73)/b14-12-,20-18-. The molecule has 0 aromatic carbocycles. The van der Waals surface area contributed by atoms with Crippen molar-refractivity contribution >= 4 is 11.9 Å². The summed E-state index contributed by atoms with van der Waals surface area (Å²) >= 11 is 0. The molecular formula is C69H133NO5. The number of nitrogens with one attached hydrogen (secondary N) is 1. The molecule has 0 aromatic rings. The van der Waals surface area contributed by atoms with Crippen molar-refractivity contribution in [3.05, 3.63) is 24.3 Å². The molecular weight excluding hydrogens is 923 g/mol. The zero-order chi connectivity index (χ0) is 54.3. The van der Waals surface area contributed by atoms with E-state index in [1.54, 1.807) is 0 Å². The molecule has 0 aliphatic carbocycles. The SMILES string of the molecule is CCCCC/C=C\C/C=C\CCCCCCCCCCCC(=O)OCCCCCCCCCCCCCCCCCCCCCCC(=O)NC(CO)C(O)CCCCCCCCCCCCCCCCCCCCC. The first kappa shape index (κ1) is 73.3. The van der Waals surface area contributed by atoms with Crippen LogP contribution in [-0.2, 0) is 14.3 Å². The molecule has 3 N–H and O–H groups in total. The maximum absolute atomic E-state index is 12.5. The zero-order valence-corrected chi connectivity index (χ0v) is 50.8. The second-order valence-electron chi connectivity index (χ2n) is 23.5. The molecule has 0 aliphatic rings. The average molecular weight is 1060 g/mol. The van der Waals surface area contributed by atoms with Gasteiger partial charge in [-0.15, -0.1) is 0 Å². The van der Waals surface area contributed by atoms with Gasteiger partial charge in [0.15, 0.2) is 0 Å². The Morgan fingerprint density at radius 1 is 0.373 bits per heavy atom. The van der Waals surface area contributed by atoms with Gasteiger partial charge < -0.3 is 20.3 Å². The number of rotatable bonds is 64. The Kier molecular flexibility index (Phi) is 63.4. The number of unbranched alkanes of at least 4 members (excludes halogenated alkanes) is 49. The molecule has 444 valence electrons. The van der Waals surface area contributed by atoms with Gasteiger partial charge in [-0.3, -0.25) is 9.59 Å². The van der Waals surface area contributed by atoms with Gasteiger partial charge in [0, 0.05) is 12.8 Å². The van der Waals surface area contributed by atoms with Crippen LogP contribution in [0.2, 0.25) is 0 Å². The van der Waals surface area contributed by atoms with E-state index in [0.29, 0.717) is 25.9 Å². The maximum Gasteiger partial charge on any atom is 0.305 e. The molecule has 2 unspecified atom stereocenters. The van der Waals surface area contributed by atoms with E-state index in [4.69, 9.17) is 4.74 Å². The molecule has 0 saturated carbocycles. The first-order valence-corrected chi connectivity index (χ1v) is 34.1. The lowest BCUT2D eigenvalue weighted by Gasteiger charge is -2.22. The predicted molar refractivity (Wildman–Crippen MR) is 329 cm³/mol. The van der Waals surface area contributed by atoms with Gasteiger partial charge >= 0.3 is 5.97 Å². The Hall–Kier alpha value is -1.66. The zero-order valence-electron chi connectivity index (χ0n) is 50.8. The lowest BCUT2D eigenvalue weighted by Crippen LogP contribution is -2.45. The third kappa shape index (κ3) is 61.4. The summed E-state index contributed by atoms with van der Waals surface area (Å²) in [5.74, 6) is -0.0253. The fraction of sp³-hybridized carbons (Fsp3) is 0.913. The Morgan fingerprint density at radius 2 is 0.667 bits per heavy atom. The number of aliphatic hydroxyl groups is 2. The van der Waals surface area contributed by atoms with E-state index in [9.17, 15) is 19.8 Å². The molecule has 2 atom stereocenters. The van der Waals surface area contributed by atoms with Crippen LogP contribution in [0.25, 0.3) is 0 Å². The lowest BCUT2D eigenvalue weighted by atomic mass is 10.0. The summed E-state index contributed by atoms with van der Waals surface area (Å²) in [5, 5.41) is 23.4. The highest BCUT2D eigenvalue weighted by Crippen LogP contribution is 2.19. The van der Waals surface area contributed by atoms with E-state index >= 15 is 0 Å². The minimum atomic E-state index is -0.666. The quantitative estimate of drug-likeness (QED) is 0.0320. The number of ether oxygens (including phenoxy) is 1. The maximum atomic E-state index is 12.5. The molecule has 1 amide bonds. The highest BCUT2D eigenvalue weighted by atomic mass is 16.5. The van der Waals surface area contributed by atoms with Crippen LogP contribution in [0.3, 0.4) is 0 Å². The molecule has 0 radical (unpaired) electrons. The van der Waals surface area contributed by atoms with Crippen molar-refractivity contribution in [2.75, 3.05) is 13.2 Å². The minimum absolute atomic E-state index is 0.00782. The number of esters is 1. The Balaban J connectivity index is 3.38. The van der Waals surface area contributed by atoms with E-state index in [1.807, 2.05) is 0 Å². The molecule has 6 nitrogen and oxygen atoms in total. The summed E-state index contributed by atoms with van der Waals surface area (Å²) in [4.78, 5) is 24.6. The van der Waals surface area contributed by atoms with Crippen molar-refractivity contribution in [1.82, 2.24) is 5.32 Å². The van der Waals surface area contributed by atoms with Gasteiger partial charge in [0.2, 0.25) is 5.91 Å². The van der Waals surface area contributed by atoms with Crippen molar-refractivity contribution in [2.45, 2.75) is 392 Å². The number of carbonyl (C=O) groups excluding carboxylic acids is 2. The van der Waals surface area contributed by atoms with Crippen LogP contribution >= 0.6 is 0 Å². The smallest absolute Gasteiger partial charge is 0.305 e. The molecule has 0 aromatic heterocycles. The van der Waals surface area contributed by atoms with Crippen LogP contribution in [0.4, 0.5) is 0 Å². The van der Waals surface area contributed by atoms with E-state index in [2.05, 4.69) is 43.5 Å². The summed E-state index contributed by atoms with van der Waals surface area (Å²) < 4.78 is 5.50. The number of allylic oxidation sites excluding steroid dienone is 4. The summed E-state index contributed by atoms with van der Waals surface area (Å²) in [6.45, 7) is 4.96. The van der Waals surface area contributed by atoms with E-state index in [0.717, 1.165) is 51.4 Å². The van der Waals surface area contributed by atoms with E-state index in [-0.39, 0.29) is 18.5 Å². The second-order valence-corrected chi connectivity index (χ2v) is 23.5. The number of aliphatic hydroxyl groups excluding tert-OH is 2. The largest absolute Gasteiger partial charge is 0.466 e. The summed E-state index contributed by atoms with van der Waals surface area (Å²) in [7, 11) is 0. The van der Waals surface area contributed by atoms with Crippen LogP contribution in [0.1, 0.15) is 380 Å². The average Bonchev–Trinajstić information content (AvgIpc) is 3.41. The van der Waals surface area contributed by atoms with Crippen LogP contribution in [0, 0.1) is 0 Å². The van der Waals surface area contributed by atoms with Gasteiger partial charge in [0.25, 0.3) is 0 Å². The highest BCUT2D eigenvalue weighted by molar-refractivity contribution is 5.76. The van der Waals surface area contributed by atoms with Crippen molar-refractivity contribution in [2.24, 2.45) is 0 Å². The van der Waals surface area contributed by atoms with Gasteiger partial charge in [0.05, 0.1) is 25.4 Å². The van der Waals surface area contributed by atoms with Crippen LogP contribution < -0.4 is 5.32 Å². The number of carbonyl (C=O) groups is 2. The predicted octanol–water partition coefficient (Wildman–Crippen LogP) is 21.8. The van der Waals surface area contributed by atoms with Gasteiger partial charge in [-0.25, -0.2) is 0 Å². The van der Waals surface area contributed by atoms with Gasteiger partial charge in [-0.2, -0.15) is 0 Å². The molecule has 0 saturated heterocycles. The van der Waals surface area contributed by atoms with Crippen molar-refractivity contribution < 1.29 is 24.5 Å². The summed E-state index contributed by atoms with van der Waals surface area (Å²) in [6, 6.07) is -0.544. The van der Waals surface area contributed by atoms with Crippen LogP contribution in [0.5, 0.6) is 0 Å². The highest BCUT2D eigenvalue weighted by Gasteiger charge is 2.20. The molecule has 0 fully saturated rings. The van der Waals surface area contributed by atoms with Gasteiger partial charge in [-0.05, 0) is 57.8 Å². The minimum Gasteiger partial charge on any atom is -0.466 e. The first-order chi connectivity index (χ1) is 37.0. The molecule has 0 heterocycles. The van der Waals surface area contributed by atoms with Crippen LogP contribution in [0.15, 0.2) is 24.3 Å². The monoisotopic (exact) mass is 1060 g/mol. The summed E-state index contributed by atoms with van der Waals surface area (Å²) in [5.41, 5.74) is 0. The van der Waals surface area contributed by atoms with Crippen molar-refractivity contribution in [1.29, 1.82) is 0 Å². The summed E-state index contributed by atoms with van der Waals surface area (Å²) in [6.07, 6.45) is 80.6. The second kappa shape index (κ2) is 64.9.